The number of benzene rings is 1. The highest BCUT2D eigenvalue weighted by molar-refractivity contribution is 5.75. The van der Waals surface area contributed by atoms with E-state index in [-0.39, 0.29) is 6.54 Å². The fourth-order valence-corrected chi connectivity index (χ4v) is 1.57. The van der Waals surface area contributed by atoms with Crippen LogP contribution in [0.1, 0.15) is 11.5 Å². The van der Waals surface area contributed by atoms with Crippen molar-refractivity contribution in [2.75, 3.05) is 6.54 Å². The van der Waals surface area contributed by atoms with Gasteiger partial charge in [0, 0.05) is 6.54 Å². The van der Waals surface area contributed by atoms with Crippen molar-refractivity contribution in [1.29, 1.82) is 0 Å². The molecule has 5 heteroatoms. The second kappa shape index (κ2) is 3.94. The molecule has 2 rings (SSSR count). The van der Waals surface area contributed by atoms with Crippen molar-refractivity contribution in [3.05, 3.63) is 30.1 Å². The molecule has 1 atom stereocenters. The monoisotopic (exact) mass is 211 g/mol. The number of imidazole rings is 1. The summed E-state index contributed by atoms with van der Waals surface area (Å²) in [4.78, 5) is 6.90. The second-order valence-electron chi connectivity index (χ2n) is 3.36. The number of hydrogen-bond acceptors (Lipinski definition) is 2. The number of H-pyrrole nitrogens is 1. The van der Waals surface area contributed by atoms with Gasteiger partial charge in [-0.05, 0) is 17.7 Å². The van der Waals surface area contributed by atoms with E-state index in [1.165, 1.54) is 6.33 Å². The van der Waals surface area contributed by atoms with E-state index in [1.54, 1.807) is 18.2 Å². The number of alkyl halides is 2. The summed E-state index contributed by atoms with van der Waals surface area (Å²) in [7, 11) is 0. The topological polar surface area (TPSA) is 54.7 Å². The summed E-state index contributed by atoms with van der Waals surface area (Å²) in [6.07, 6.45) is -0.899. The van der Waals surface area contributed by atoms with E-state index in [0.717, 1.165) is 11.0 Å². The number of nitrogens with one attached hydrogen (secondary N) is 1. The first-order valence-electron chi connectivity index (χ1n) is 4.63. The van der Waals surface area contributed by atoms with Gasteiger partial charge in [-0.25, -0.2) is 13.8 Å². The largest absolute Gasteiger partial charge is 0.345 e. The van der Waals surface area contributed by atoms with E-state index in [2.05, 4.69) is 9.97 Å². The van der Waals surface area contributed by atoms with Crippen LogP contribution in [0.25, 0.3) is 11.0 Å². The molecule has 0 saturated heterocycles. The van der Waals surface area contributed by atoms with Gasteiger partial charge in [0.05, 0.1) is 23.3 Å². The Morgan fingerprint density at radius 1 is 1.40 bits per heavy atom. The zero-order valence-electron chi connectivity index (χ0n) is 7.95. The minimum atomic E-state index is -2.43. The molecule has 0 aliphatic carbocycles. The fraction of sp³-hybridized carbons (Fsp3) is 0.300. The number of hydrogen-bond donors (Lipinski definition) is 2. The third-order valence-electron chi connectivity index (χ3n) is 2.43. The normalized spacial score (nSPS) is 13.6. The summed E-state index contributed by atoms with van der Waals surface area (Å²) in [6.45, 7) is -0.0582. The molecule has 3 nitrogen and oxygen atoms in total. The molecule has 1 unspecified atom stereocenters. The maximum atomic E-state index is 12.6. The van der Waals surface area contributed by atoms with Crippen molar-refractivity contribution < 1.29 is 8.78 Å². The zero-order valence-corrected chi connectivity index (χ0v) is 7.95. The fourth-order valence-electron chi connectivity index (χ4n) is 1.57. The molecular weight excluding hydrogens is 200 g/mol. The average Bonchev–Trinajstić information content (AvgIpc) is 2.65. The van der Waals surface area contributed by atoms with Gasteiger partial charge in [-0.3, -0.25) is 0 Å². The Balaban J connectivity index is 2.41. The molecule has 0 spiro atoms. The smallest absolute Gasteiger partial charge is 0.246 e. The maximum absolute atomic E-state index is 12.6. The van der Waals surface area contributed by atoms with Crippen LogP contribution in [-0.2, 0) is 0 Å². The highest BCUT2D eigenvalue weighted by atomic mass is 19.3. The Bertz CT molecular complexity index is 453. The van der Waals surface area contributed by atoms with Crippen molar-refractivity contribution in [2.45, 2.75) is 12.3 Å². The lowest BCUT2D eigenvalue weighted by Crippen LogP contribution is -2.19. The molecule has 2 aromatic rings. The Hall–Kier alpha value is -1.49. The molecule has 0 amide bonds. The summed E-state index contributed by atoms with van der Waals surface area (Å²) in [6, 6.07) is 5.03. The van der Waals surface area contributed by atoms with Crippen LogP contribution in [-0.4, -0.2) is 22.9 Å². The van der Waals surface area contributed by atoms with Crippen LogP contribution < -0.4 is 5.73 Å². The van der Waals surface area contributed by atoms with E-state index >= 15 is 0 Å². The average molecular weight is 211 g/mol. The number of aromatic nitrogens is 2. The SMILES string of the molecule is NCC(c1ccc2nc[nH]c2c1)C(F)F. The molecule has 0 aliphatic heterocycles. The highest BCUT2D eigenvalue weighted by Gasteiger charge is 2.20. The van der Waals surface area contributed by atoms with E-state index in [0.29, 0.717) is 5.56 Å². The quantitative estimate of drug-likeness (QED) is 0.814. The lowest BCUT2D eigenvalue weighted by molar-refractivity contribution is 0.117. The zero-order chi connectivity index (χ0) is 10.8. The number of nitrogens with two attached hydrogens (primary N) is 1. The van der Waals surface area contributed by atoms with Gasteiger partial charge in [-0.1, -0.05) is 6.07 Å². The predicted octanol–water partition coefficient (Wildman–Crippen LogP) is 1.87. The van der Waals surface area contributed by atoms with Crippen molar-refractivity contribution in [1.82, 2.24) is 9.97 Å². The Morgan fingerprint density at radius 2 is 2.20 bits per heavy atom. The van der Waals surface area contributed by atoms with Gasteiger partial charge in [0.2, 0.25) is 6.43 Å². The van der Waals surface area contributed by atoms with Gasteiger partial charge < -0.3 is 10.7 Å². The van der Waals surface area contributed by atoms with E-state index in [4.69, 9.17) is 5.73 Å². The standard InChI is InChI=1S/C10H11F2N3/c11-10(12)7(4-13)6-1-2-8-9(3-6)15-5-14-8/h1-3,5,7,10H,4,13H2,(H,14,15). The third-order valence-corrected chi connectivity index (χ3v) is 2.43. The van der Waals surface area contributed by atoms with Crippen molar-refractivity contribution in [2.24, 2.45) is 5.73 Å². The van der Waals surface area contributed by atoms with Crippen LogP contribution in [0.15, 0.2) is 24.5 Å². The highest BCUT2D eigenvalue weighted by Crippen LogP contribution is 2.24. The molecule has 1 aromatic heterocycles. The van der Waals surface area contributed by atoms with Crippen LogP contribution >= 0.6 is 0 Å². The summed E-state index contributed by atoms with van der Waals surface area (Å²) < 4.78 is 25.2. The first-order chi connectivity index (χ1) is 7.22. The molecule has 0 fully saturated rings. The van der Waals surface area contributed by atoms with Gasteiger partial charge >= 0.3 is 0 Å². The molecule has 80 valence electrons. The minimum absolute atomic E-state index is 0.0582. The summed E-state index contributed by atoms with van der Waals surface area (Å²) in [5, 5.41) is 0. The van der Waals surface area contributed by atoms with Crippen molar-refractivity contribution in [3.63, 3.8) is 0 Å². The van der Waals surface area contributed by atoms with Crippen LogP contribution in [0.5, 0.6) is 0 Å². The van der Waals surface area contributed by atoms with Crippen molar-refractivity contribution >= 4 is 11.0 Å². The molecule has 15 heavy (non-hydrogen) atoms. The Kier molecular flexibility index (Phi) is 2.64. The van der Waals surface area contributed by atoms with Gasteiger partial charge in [0.25, 0.3) is 0 Å². The first-order valence-corrected chi connectivity index (χ1v) is 4.63. The number of halogens is 2. The maximum Gasteiger partial charge on any atom is 0.246 e. The van der Waals surface area contributed by atoms with Crippen LogP contribution in [0.3, 0.4) is 0 Å². The number of rotatable bonds is 3. The molecule has 1 heterocycles. The predicted molar refractivity (Wildman–Crippen MR) is 53.9 cm³/mol. The molecule has 0 radical (unpaired) electrons. The lowest BCUT2D eigenvalue weighted by Gasteiger charge is -2.13. The second-order valence-corrected chi connectivity index (χ2v) is 3.36. The Morgan fingerprint density at radius 3 is 2.87 bits per heavy atom. The number of fused-ring (bicyclic) bond motifs is 1. The van der Waals surface area contributed by atoms with Gasteiger partial charge in [-0.15, -0.1) is 0 Å². The van der Waals surface area contributed by atoms with Gasteiger partial charge in [-0.2, -0.15) is 0 Å². The number of nitrogens with zero attached hydrogens (tertiary/aromatic N) is 1. The van der Waals surface area contributed by atoms with E-state index in [9.17, 15) is 8.78 Å². The summed E-state index contributed by atoms with van der Waals surface area (Å²) in [5.41, 5.74) is 7.39. The van der Waals surface area contributed by atoms with Crippen molar-refractivity contribution in [3.8, 4) is 0 Å². The van der Waals surface area contributed by atoms with E-state index in [1.807, 2.05) is 0 Å². The first kappa shape index (κ1) is 10.0. The molecule has 0 aliphatic rings. The molecular formula is C10H11F2N3. The van der Waals surface area contributed by atoms with Crippen LogP contribution in [0.2, 0.25) is 0 Å². The summed E-state index contributed by atoms with van der Waals surface area (Å²) >= 11 is 0. The molecule has 0 saturated carbocycles. The lowest BCUT2D eigenvalue weighted by atomic mass is 9.99. The van der Waals surface area contributed by atoms with Gasteiger partial charge in [0.1, 0.15) is 0 Å². The minimum Gasteiger partial charge on any atom is -0.345 e. The number of aromatic amines is 1. The molecule has 3 N–H and O–H groups in total. The Labute approximate surface area is 85.3 Å². The molecule has 0 bridgehead atoms. The van der Waals surface area contributed by atoms with Crippen LogP contribution in [0.4, 0.5) is 8.78 Å². The van der Waals surface area contributed by atoms with Gasteiger partial charge in [0.15, 0.2) is 0 Å². The van der Waals surface area contributed by atoms with Crippen LogP contribution in [0, 0.1) is 0 Å². The third kappa shape index (κ3) is 1.83. The summed E-state index contributed by atoms with van der Waals surface area (Å²) in [5.74, 6) is -0.905. The molecule has 1 aromatic carbocycles. The van der Waals surface area contributed by atoms with E-state index < -0.39 is 12.3 Å².